The minimum Gasteiger partial charge on any atom is -0.349 e. The van der Waals surface area contributed by atoms with Crippen LogP contribution in [0.2, 0.25) is 5.02 Å². The second-order valence-electron chi connectivity index (χ2n) is 4.69. The number of carbonyl (C=O) groups excluding carboxylic acids is 1. The summed E-state index contributed by atoms with van der Waals surface area (Å²) in [5.41, 5.74) is 1.02. The van der Waals surface area contributed by atoms with Gasteiger partial charge < -0.3 is 10.2 Å². The van der Waals surface area contributed by atoms with Crippen molar-refractivity contribution in [3.8, 4) is 0 Å². The topological polar surface area (TPSA) is 32.3 Å². The Kier molecular flexibility index (Phi) is 5.17. The van der Waals surface area contributed by atoms with Crippen molar-refractivity contribution in [3.05, 3.63) is 57.2 Å². The molecule has 0 aliphatic heterocycles. The van der Waals surface area contributed by atoms with Gasteiger partial charge in [-0.3, -0.25) is 4.79 Å². The van der Waals surface area contributed by atoms with Crippen LogP contribution < -0.4 is 5.32 Å². The number of carbonyl (C=O) groups is 1. The molecule has 0 saturated carbocycles. The molecular formula is C15H17ClN2OS. The average molecular weight is 309 g/mol. The fourth-order valence-electron chi connectivity index (χ4n) is 2.00. The SMILES string of the molecule is CN(C)C(CNC(=O)c1cccs1)c1ccccc1Cl. The highest BCUT2D eigenvalue weighted by Crippen LogP contribution is 2.25. The highest BCUT2D eigenvalue weighted by atomic mass is 35.5. The Morgan fingerprint density at radius 1 is 1.30 bits per heavy atom. The summed E-state index contributed by atoms with van der Waals surface area (Å²) in [5.74, 6) is -0.0427. The maximum absolute atomic E-state index is 12.0. The molecule has 3 nitrogen and oxygen atoms in total. The van der Waals surface area contributed by atoms with Crippen LogP contribution in [0.25, 0.3) is 0 Å². The van der Waals surface area contributed by atoms with E-state index in [0.717, 1.165) is 15.5 Å². The number of benzene rings is 1. The second-order valence-corrected chi connectivity index (χ2v) is 6.04. The van der Waals surface area contributed by atoms with Gasteiger partial charge in [0.15, 0.2) is 0 Å². The Bertz CT molecular complexity index is 569. The van der Waals surface area contributed by atoms with Crippen LogP contribution in [0.4, 0.5) is 0 Å². The fraction of sp³-hybridized carbons (Fsp3) is 0.267. The number of hydrogen-bond acceptors (Lipinski definition) is 3. The van der Waals surface area contributed by atoms with E-state index in [0.29, 0.717) is 6.54 Å². The first-order valence-electron chi connectivity index (χ1n) is 6.32. The van der Waals surface area contributed by atoms with Crippen molar-refractivity contribution in [1.82, 2.24) is 10.2 Å². The third-order valence-electron chi connectivity index (χ3n) is 3.09. The molecule has 0 bridgehead atoms. The van der Waals surface area contributed by atoms with Gasteiger partial charge >= 0.3 is 0 Å². The monoisotopic (exact) mass is 308 g/mol. The molecule has 0 radical (unpaired) electrons. The van der Waals surface area contributed by atoms with E-state index in [-0.39, 0.29) is 11.9 Å². The molecule has 1 amide bonds. The normalized spacial score (nSPS) is 12.4. The molecule has 1 unspecified atom stereocenters. The van der Waals surface area contributed by atoms with Crippen molar-refractivity contribution in [2.45, 2.75) is 6.04 Å². The Morgan fingerprint density at radius 3 is 2.65 bits per heavy atom. The van der Waals surface area contributed by atoms with Gasteiger partial charge in [-0.05, 0) is 37.2 Å². The molecule has 0 fully saturated rings. The lowest BCUT2D eigenvalue weighted by Gasteiger charge is -2.25. The number of amides is 1. The van der Waals surface area contributed by atoms with Gasteiger partial charge in [-0.2, -0.15) is 0 Å². The summed E-state index contributed by atoms with van der Waals surface area (Å²) >= 11 is 7.68. The number of halogens is 1. The summed E-state index contributed by atoms with van der Waals surface area (Å²) in [6.45, 7) is 0.521. The average Bonchev–Trinajstić information content (AvgIpc) is 2.94. The van der Waals surface area contributed by atoms with Crippen molar-refractivity contribution in [2.75, 3.05) is 20.6 Å². The zero-order chi connectivity index (χ0) is 14.5. The molecule has 2 rings (SSSR count). The number of likely N-dealkylation sites (N-methyl/N-ethyl adjacent to an activating group) is 1. The van der Waals surface area contributed by atoms with Gasteiger partial charge in [0.05, 0.1) is 10.9 Å². The summed E-state index contributed by atoms with van der Waals surface area (Å²) in [5, 5.41) is 5.58. The molecule has 2 aromatic rings. The van der Waals surface area contributed by atoms with Crippen LogP contribution in [-0.4, -0.2) is 31.4 Å². The molecule has 1 heterocycles. The summed E-state index contributed by atoms with van der Waals surface area (Å²) in [4.78, 5) is 14.8. The van der Waals surface area contributed by atoms with E-state index in [1.165, 1.54) is 11.3 Å². The number of nitrogens with zero attached hydrogens (tertiary/aromatic N) is 1. The van der Waals surface area contributed by atoms with Gasteiger partial charge in [0.25, 0.3) is 5.91 Å². The van der Waals surface area contributed by atoms with E-state index in [1.54, 1.807) is 0 Å². The van der Waals surface area contributed by atoms with E-state index < -0.39 is 0 Å². The molecule has 106 valence electrons. The molecule has 1 aromatic heterocycles. The molecule has 20 heavy (non-hydrogen) atoms. The van der Waals surface area contributed by atoms with E-state index in [2.05, 4.69) is 10.2 Å². The van der Waals surface area contributed by atoms with Gasteiger partial charge in [-0.25, -0.2) is 0 Å². The number of thiophene rings is 1. The Hall–Kier alpha value is -1.36. The zero-order valence-electron chi connectivity index (χ0n) is 11.5. The van der Waals surface area contributed by atoms with Crippen molar-refractivity contribution in [2.24, 2.45) is 0 Å². The Balaban J connectivity index is 2.08. The van der Waals surface area contributed by atoms with Crippen LogP contribution in [-0.2, 0) is 0 Å². The fourth-order valence-corrected chi connectivity index (χ4v) is 2.90. The summed E-state index contributed by atoms with van der Waals surface area (Å²) in [7, 11) is 3.95. The third kappa shape index (κ3) is 3.60. The second kappa shape index (κ2) is 6.88. The lowest BCUT2D eigenvalue weighted by molar-refractivity contribution is 0.0946. The Morgan fingerprint density at radius 2 is 2.05 bits per heavy atom. The molecule has 0 aliphatic rings. The smallest absolute Gasteiger partial charge is 0.261 e. The van der Waals surface area contributed by atoms with E-state index >= 15 is 0 Å². The van der Waals surface area contributed by atoms with Crippen LogP contribution in [0.5, 0.6) is 0 Å². The van der Waals surface area contributed by atoms with Crippen LogP contribution in [0.15, 0.2) is 41.8 Å². The predicted molar refractivity (Wildman–Crippen MR) is 84.5 cm³/mol. The van der Waals surface area contributed by atoms with E-state index in [4.69, 9.17) is 11.6 Å². The number of rotatable bonds is 5. The lowest BCUT2D eigenvalue weighted by atomic mass is 10.1. The van der Waals surface area contributed by atoms with Crippen LogP contribution in [0.3, 0.4) is 0 Å². The lowest BCUT2D eigenvalue weighted by Crippen LogP contribution is -2.34. The molecule has 1 atom stereocenters. The molecule has 0 aliphatic carbocycles. The van der Waals surface area contributed by atoms with Crippen molar-refractivity contribution in [3.63, 3.8) is 0 Å². The number of hydrogen-bond donors (Lipinski definition) is 1. The summed E-state index contributed by atoms with van der Waals surface area (Å²) in [6, 6.07) is 11.5. The van der Waals surface area contributed by atoms with E-state index in [9.17, 15) is 4.79 Å². The maximum atomic E-state index is 12.0. The van der Waals surface area contributed by atoms with Gasteiger partial charge in [0.1, 0.15) is 0 Å². The molecule has 0 spiro atoms. The molecule has 1 aromatic carbocycles. The first-order chi connectivity index (χ1) is 9.59. The van der Waals surface area contributed by atoms with Crippen LogP contribution in [0, 0.1) is 0 Å². The molecule has 1 N–H and O–H groups in total. The molecule has 0 saturated heterocycles. The van der Waals surface area contributed by atoms with Crippen LogP contribution >= 0.6 is 22.9 Å². The van der Waals surface area contributed by atoms with Gasteiger partial charge in [-0.1, -0.05) is 35.9 Å². The minimum atomic E-state index is -0.0427. The maximum Gasteiger partial charge on any atom is 0.261 e. The molecule has 5 heteroatoms. The predicted octanol–water partition coefficient (Wildman–Crippen LogP) is 3.43. The summed E-state index contributed by atoms with van der Waals surface area (Å²) in [6.07, 6.45) is 0. The van der Waals surface area contributed by atoms with Crippen LogP contribution in [0.1, 0.15) is 21.3 Å². The van der Waals surface area contributed by atoms with E-state index in [1.807, 2.05) is 55.9 Å². The largest absolute Gasteiger partial charge is 0.349 e. The zero-order valence-corrected chi connectivity index (χ0v) is 13.0. The van der Waals surface area contributed by atoms with Crippen molar-refractivity contribution in [1.29, 1.82) is 0 Å². The standard InChI is InChI=1S/C15H17ClN2OS/c1-18(2)13(11-6-3-4-7-12(11)16)10-17-15(19)14-8-5-9-20-14/h3-9,13H,10H2,1-2H3,(H,17,19). The first kappa shape index (κ1) is 15.0. The van der Waals surface area contributed by atoms with Crippen molar-refractivity contribution >= 4 is 28.8 Å². The van der Waals surface area contributed by atoms with Gasteiger partial charge in [0, 0.05) is 11.6 Å². The first-order valence-corrected chi connectivity index (χ1v) is 7.58. The van der Waals surface area contributed by atoms with Crippen molar-refractivity contribution < 1.29 is 4.79 Å². The summed E-state index contributed by atoms with van der Waals surface area (Å²) < 4.78 is 0. The highest BCUT2D eigenvalue weighted by Gasteiger charge is 2.18. The highest BCUT2D eigenvalue weighted by molar-refractivity contribution is 7.12. The number of nitrogens with one attached hydrogen (secondary N) is 1. The van der Waals surface area contributed by atoms with Gasteiger partial charge in [-0.15, -0.1) is 11.3 Å². The van der Waals surface area contributed by atoms with Gasteiger partial charge in [0.2, 0.25) is 0 Å². The minimum absolute atomic E-state index is 0.0427. The third-order valence-corrected chi connectivity index (χ3v) is 4.30. The Labute approximate surface area is 128 Å². The molecular weight excluding hydrogens is 292 g/mol. The quantitative estimate of drug-likeness (QED) is 0.918.